The van der Waals surface area contributed by atoms with Gasteiger partial charge < -0.3 is 0 Å². The molecule has 2 aromatic heterocycles. The van der Waals surface area contributed by atoms with Crippen molar-refractivity contribution in [3.8, 4) is 10.6 Å². The first-order valence-corrected chi connectivity index (χ1v) is 4.40. The molecule has 60 valence electrons. The lowest BCUT2D eigenvalue weighted by Gasteiger charge is -1.92. The predicted octanol–water partition coefficient (Wildman–Crippen LogP) is 2.25. The second-order valence-corrected chi connectivity index (χ2v) is 3.32. The maximum Gasteiger partial charge on any atom is 0.147 e. The summed E-state index contributed by atoms with van der Waals surface area (Å²) < 4.78 is 3.96. The maximum atomic E-state index is 5.59. The standard InChI is InChI=1S/C7H4ClN3S/c8-7-4-9-5(3-10-7)6-1-2-11-12-6/h1-4H. The molecule has 0 amide bonds. The van der Waals surface area contributed by atoms with Crippen molar-refractivity contribution >= 4 is 23.1 Å². The van der Waals surface area contributed by atoms with Crippen molar-refractivity contribution in [3.05, 3.63) is 29.8 Å². The van der Waals surface area contributed by atoms with E-state index < -0.39 is 0 Å². The van der Waals surface area contributed by atoms with Gasteiger partial charge in [0.2, 0.25) is 0 Å². The van der Waals surface area contributed by atoms with Crippen LogP contribution in [-0.4, -0.2) is 14.3 Å². The van der Waals surface area contributed by atoms with Crippen molar-refractivity contribution in [3.63, 3.8) is 0 Å². The van der Waals surface area contributed by atoms with Gasteiger partial charge in [0.1, 0.15) is 10.8 Å². The van der Waals surface area contributed by atoms with E-state index in [9.17, 15) is 0 Å². The summed E-state index contributed by atoms with van der Waals surface area (Å²) >= 11 is 6.97. The molecule has 12 heavy (non-hydrogen) atoms. The lowest BCUT2D eigenvalue weighted by molar-refractivity contribution is 1.21. The highest BCUT2D eigenvalue weighted by atomic mass is 35.5. The minimum Gasteiger partial charge on any atom is -0.251 e. The van der Waals surface area contributed by atoms with Gasteiger partial charge in [-0.1, -0.05) is 11.6 Å². The van der Waals surface area contributed by atoms with Crippen LogP contribution >= 0.6 is 23.1 Å². The number of hydrogen-bond acceptors (Lipinski definition) is 4. The van der Waals surface area contributed by atoms with E-state index in [0.29, 0.717) is 5.15 Å². The van der Waals surface area contributed by atoms with E-state index in [1.165, 1.54) is 17.7 Å². The van der Waals surface area contributed by atoms with Crippen LogP contribution in [0.2, 0.25) is 5.15 Å². The highest BCUT2D eigenvalue weighted by molar-refractivity contribution is 7.09. The molecule has 0 N–H and O–H groups in total. The van der Waals surface area contributed by atoms with E-state index in [1.807, 2.05) is 6.07 Å². The molecule has 0 aromatic carbocycles. The summed E-state index contributed by atoms with van der Waals surface area (Å²) in [5.74, 6) is 0. The average Bonchev–Trinajstić information content (AvgIpc) is 2.58. The number of rotatable bonds is 1. The number of hydrogen-bond donors (Lipinski definition) is 0. The maximum absolute atomic E-state index is 5.59. The Morgan fingerprint density at radius 3 is 2.75 bits per heavy atom. The van der Waals surface area contributed by atoms with Gasteiger partial charge >= 0.3 is 0 Å². The van der Waals surface area contributed by atoms with Crippen LogP contribution in [0.1, 0.15) is 0 Å². The zero-order valence-electron chi connectivity index (χ0n) is 5.94. The van der Waals surface area contributed by atoms with Crippen LogP contribution in [0.4, 0.5) is 0 Å². The Labute approximate surface area is 78.2 Å². The molecule has 0 atom stereocenters. The largest absolute Gasteiger partial charge is 0.251 e. The number of aromatic nitrogens is 3. The highest BCUT2D eigenvalue weighted by Crippen LogP contribution is 2.19. The third-order valence-electron chi connectivity index (χ3n) is 1.31. The normalized spacial score (nSPS) is 10.1. The molecule has 2 heterocycles. The summed E-state index contributed by atoms with van der Waals surface area (Å²) in [6, 6.07) is 1.89. The molecule has 0 radical (unpaired) electrons. The first-order valence-electron chi connectivity index (χ1n) is 3.25. The van der Waals surface area contributed by atoms with Gasteiger partial charge in [0.15, 0.2) is 0 Å². The monoisotopic (exact) mass is 197 g/mol. The first-order chi connectivity index (χ1) is 5.86. The van der Waals surface area contributed by atoms with E-state index in [0.717, 1.165) is 10.6 Å². The molecule has 0 fully saturated rings. The van der Waals surface area contributed by atoms with Gasteiger partial charge in [-0.25, -0.2) is 9.36 Å². The third kappa shape index (κ3) is 1.44. The van der Waals surface area contributed by atoms with Gasteiger partial charge in [-0.2, -0.15) is 0 Å². The van der Waals surface area contributed by atoms with Crippen LogP contribution in [0.15, 0.2) is 24.7 Å². The Morgan fingerprint density at radius 2 is 2.17 bits per heavy atom. The van der Waals surface area contributed by atoms with Crippen LogP contribution in [0.25, 0.3) is 10.6 Å². The van der Waals surface area contributed by atoms with Crippen molar-refractivity contribution in [2.45, 2.75) is 0 Å². The van der Waals surface area contributed by atoms with Gasteiger partial charge in [0, 0.05) is 6.20 Å². The molecule has 2 rings (SSSR count). The molecule has 0 aliphatic carbocycles. The van der Waals surface area contributed by atoms with Crippen LogP contribution in [0, 0.1) is 0 Å². The lowest BCUT2D eigenvalue weighted by atomic mass is 10.4. The summed E-state index contributed by atoms with van der Waals surface area (Å²) in [6.07, 6.45) is 4.89. The van der Waals surface area contributed by atoms with Gasteiger partial charge in [0.25, 0.3) is 0 Å². The van der Waals surface area contributed by atoms with Gasteiger partial charge in [-0.05, 0) is 17.6 Å². The van der Waals surface area contributed by atoms with Crippen molar-refractivity contribution in [1.29, 1.82) is 0 Å². The lowest BCUT2D eigenvalue weighted by Crippen LogP contribution is -1.81. The molecule has 2 aromatic rings. The molecule has 0 unspecified atom stereocenters. The second-order valence-electron chi connectivity index (χ2n) is 2.10. The fraction of sp³-hybridized carbons (Fsp3) is 0. The summed E-state index contributed by atoms with van der Waals surface area (Å²) in [6.45, 7) is 0. The predicted molar refractivity (Wildman–Crippen MR) is 48.2 cm³/mol. The Bertz CT molecular complexity index is 357. The first kappa shape index (κ1) is 7.64. The van der Waals surface area contributed by atoms with E-state index in [1.54, 1.807) is 12.4 Å². The SMILES string of the molecule is Clc1cnc(-c2ccns2)cn1. The van der Waals surface area contributed by atoms with Crippen molar-refractivity contribution in [2.24, 2.45) is 0 Å². The Morgan fingerprint density at radius 1 is 1.25 bits per heavy atom. The van der Waals surface area contributed by atoms with Gasteiger partial charge in [0.05, 0.1) is 17.3 Å². The molecule has 5 heteroatoms. The van der Waals surface area contributed by atoms with E-state index in [-0.39, 0.29) is 0 Å². The van der Waals surface area contributed by atoms with E-state index in [4.69, 9.17) is 11.6 Å². The Kier molecular flexibility index (Phi) is 2.01. The summed E-state index contributed by atoms with van der Waals surface area (Å²) in [5, 5.41) is 0.406. The molecular formula is C7H4ClN3S. The number of halogens is 1. The fourth-order valence-electron chi connectivity index (χ4n) is 0.787. The van der Waals surface area contributed by atoms with E-state index >= 15 is 0 Å². The molecule has 0 aliphatic rings. The van der Waals surface area contributed by atoms with Gasteiger partial charge in [-0.15, -0.1) is 0 Å². The molecule has 0 bridgehead atoms. The summed E-state index contributed by atoms with van der Waals surface area (Å²) in [7, 11) is 0. The summed E-state index contributed by atoms with van der Waals surface area (Å²) in [4.78, 5) is 9.01. The van der Waals surface area contributed by atoms with Crippen molar-refractivity contribution in [2.75, 3.05) is 0 Å². The van der Waals surface area contributed by atoms with Crippen LogP contribution in [0.5, 0.6) is 0 Å². The Hall–Kier alpha value is -1.00. The minimum atomic E-state index is 0.406. The molecular weight excluding hydrogens is 194 g/mol. The van der Waals surface area contributed by atoms with Crippen molar-refractivity contribution < 1.29 is 0 Å². The molecule has 0 saturated heterocycles. The fourth-order valence-corrected chi connectivity index (χ4v) is 1.44. The highest BCUT2D eigenvalue weighted by Gasteiger charge is 2.00. The molecule has 0 spiro atoms. The zero-order chi connectivity index (χ0) is 8.39. The van der Waals surface area contributed by atoms with Crippen molar-refractivity contribution in [1.82, 2.24) is 14.3 Å². The van der Waals surface area contributed by atoms with Gasteiger partial charge in [-0.3, -0.25) is 4.98 Å². The zero-order valence-corrected chi connectivity index (χ0v) is 7.51. The van der Waals surface area contributed by atoms with Crippen LogP contribution in [0.3, 0.4) is 0 Å². The Balaban J connectivity index is 2.43. The van der Waals surface area contributed by atoms with Crippen LogP contribution < -0.4 is 0 Å². The molecule has 0 saturated carbocycles. The second kappa shape index (κ2) is 3.16. The minimum absolute atomic E-state index is 0.406. The van der Waals surface area contributed by atoms with E-state index in [2.05, 4.69) is 14.3 Å². The smallest absolute Gasteiger partial charge is 0.147 e. The summed E-state index contributed by atoms with van der Waals surface area (Å²) in [5.41, 5.74) is 0.807. The number of nitrogens with zero attached hydrogens (tertiary/aromatic N) is 3. The quantitative estimate of drug-likeness (QED) is 0.704. The van der Waals surface area contributed by atoms with Crippen LogP contribution in [-0.2, 0) is 0 Å². The molecule has 0 aliphatic heterocycles. The molecule has 3 nitrogen and oxygen atoms in total. The topological polar surface area (TPSA) is 38.7 Å². The third-order valence-corrected chi connectivity index (χ3v) is 2.27. The average molecular weight is 198 g/mol.